The Morgan fingerprint density at radius 2 is 1.65 bits per heavy atom. The van der Waals surface area contributed by atoms with Crippen LogP contribution in [0.3, 0.4) is 0 Å². The number of anilines is 1. The highest BCUT2D eigenvalue weighted by molar-refractivity contribution is 7.90. The Bertz CT molecular complexity index is 1680. The fourth-order valence-electron chi connectivity index (χ4n) is 6.80. The summed E-state index contributed by atoms with van der Waals surface area (Å²) in [6, 6.07) is 13.0. The number of hydrogen-bond acceptors (Lipinski definition) is 6. The minimum Gasteiger partial charge on any atom is -0.497 e. The van der Waals surface area contributed by atoms with E-state index in [4.69, 9.17) is 4.74 Å². The molecule has 0 radical (unpaired) electrons. The number of aryl methyl sites for hydroxylation is 2. The topological polar surface area (TPSA) is 125 Å². The van der Waals surface area contributed by atoms with Gasteiger partial charge in [0.25, 0.3) is 10.0 Å². The van der Waals surface area contributed by atoms with Gasteiger partial charge in [0.15, 0.2) is 6.23 Å². The van der Waals surface area contributed by atoms with E-state index in [-0.39, 0.29) is 17.3 Å². The van der Waals surface area contributed by atoms with E-state index in [9.17, 15) is 23.1 Å². The summed E-state index contributed by atoms with van der Waals surface area (Å²) in [6.45, 7) is 3.90. The molecule has 1 heterocycles. The Kier molecular flexibility index (Phi) is 7.46. The van der Waals surface area contributed by atoms with Crippen LogP contribution >= 0.6 is 0 Å². The standard InChI is InChI=1S/C33H37N3O6S/c1-33(2)28-15-12-23(42-3)19-27(28)30(37)36(31(33)38)17-16-20-10-13-24(14-11-20)43(40,41)35-32(39)34-29-25-8-4-6-21(25)18-22-7-5-9-26(22)29/h10-15,18-19,30,37H,4-9,16-17H2,1-3H3,(H2,34,35,39). The van der Waals surface area contributed by atoms with Crippen LogP contribution < -0.4 is 14.8 Å². The molecule has 0 saturated heterocycles. The summed E-state index contributed by atoms with van der Waals surface area (Å²) >= 11 is 0. The minimum absolute atomic E-state index is 0.0360. The van der Waals surface area contributed by atoms with Crippen molar-refractivity contribution in [1.82, 2.24) is 9.62 Å². The second-order valence-corrected chi connectivity index (χ2v) is 13.8. The third-order valence-corrected chi connectivity index (χ3v) is 10.5. The molecule has 43 heavy (non-hydrogen) atoms. The number of nitrogens with one attached hydrogen (secondary N) is 2. The Morgan fingerprint density at radius 1 is 1.00 bits per heavy atom. The van der Waals surface area contributed by atoms with Gasteiger partial charge in [-0.25, -0.2) is 17.9 Å². The van der Waals surface area contributed by atoms with E-state index in [2.05, 4.69) is 16.1 Å². The first-order valence-electron chi connectivity index (χ1n) is 14.8. The molecule has 0 fully saturated rings. The quantitative estimate of drug-likeness (QED) is 0.364. The SMILES string of the molecule is COc1ccc2c(c1)C(O)N(CCc1ccc(S(=O)(=O)NC(=O)Nc3c4c(cc5c3CCC5)CCC4)cc1)C(=O)C2(C)C. The molecule has 3 aromatic carbocycles. The molecule has 6 rings (SSSR count). The second-order valence-electron chi connectivity index (χ2n) is 12.1. The zero-order chi connectivity index (χ0) is 30.5. The molecule has 0 saturated carbocycles. The number of benzene rings is 3. The van der Waals surface area contributed by atoms with Gasteiger partial charge in [-0.15, -0.1) is 0 Å². The average molecular weight is 604 g/mol. The molecule has 2 aliphatic carbocycles. The molecular weight excluding hydrogens is 566 g/mol. The first-order chi connectivity index (χ1) is 20.5. The Hall–Kier alpha value is -3.89. The van der Waals surface area contributed by atoms with Gasteiger partial charge in [0.1, 0.15) is 5.75 Å². The van der Waals surface area contributed by atoms with Crippen molar-refractivity contribution in [1.29, 1.82) is 0 Å². The number of carbonyl (C=O) groups excluding carboxylic acids is 2. The molecular formula is C33H37N3O6S. The summed E-state index contributed by atoms with van der Waals surface area (Å²) in [7, 11) is -2.56. The number of amides is 3. The van der Waals surface area contributed by atoms with Crippen LogP contribution in [0.15, 0.2) is 53.4 Å². The summed E-state index contributed by atoms with van der Waals surface area (Å²) in [5.74, 6) is 0.403. The highest BCUT2D eigenvalue weighted by atomic mass is 32.2. The zero-order valence-electron chi connectivity index (χ0n) is 24.7. The van der Waals surface area contributed by atoms with Crippen molar-refractivity contribution in [2.45, 2.75) is 75.3 Å². The molecule has 9 nitrogen and oxygen atoms in total. The highest BCUT2D eigenvalue weighted by Gasteiger charge is 2.44. The van der Waals surface area contributed by atoms with Crippen molar-refractivity contribution in [2.75, 3.05) is 19.0 Å². The number of aliphatic hydroxyl groups is 1. The van der Waals surface area contributed by atoms with Gasteiger partial charge in [0, 0.05) is 17.8 Å². The number of nitrogens with zero attached hydrogens (tertiary/aromatic N) is 1. The predicted molar refractivity (Wildman–Crippen MR) is 163 cm³/mol. The highest BCUT2D eigenvalue weighted by Crippen LogP contribution is 2.41. The van der Waals surface area contributed by atoms with E-state index in [0.717, 1.165) is 66.5 Å². The molecule has 1 atom stereocenters. The number of carbonyl (C=O) groups is 2. The van der Waals surface area contributed by atoms with Crippen molar-refractivity contribution in [2.24, 2.45) is 0 Å². The van der Waals surface area contributed by atoms with Gasteiger partial charge in [-0.05, 0) is 116 Å². The molecule has 1 aliphatic heterocycles. The number of ether oxygens (including phenoxy) is 1. The third-order valence-electron chi connectivity index (χ3n) is 9.11. The number of sulfonamides is 1. The maximum absolute atomic E-state index is 13.3. The van der Waals surface area contributed by atoms with Crippen LogP contribution in [0, 0.1) is 0 Å². The van der Waals surface area contributed by atoms with E-state index >= 15 is 0 Å². The van der Waals surface area contributed by atoms with Crippen LogP contribution in [0.25, 0.3) is 0 Å². The van der Waals surface area contributed by atoms with E-state index in [0.29, 0.717) is 17.7 Å². The molecule has 3 aromatic rings. The second kappa shape index (κ2) is 11.0. The van der Waals surface area contributed by atoms with Gasteiger partial charge in [-0.2, -0.15) is 0 Å². The average Bonchev–Trinajstić information content (AvgIpc) is 3.65. The lowest BCUT2D eigenvalue weighted by molar-refractivity contribution is -0.150. The summed E-state index contributed by atoms with van der Waals surface area (Å²) in [6.07, 6.45) is 5.06. The lowest BCUT2D eigenvalue weighted by atomic mass is 9.76. The lowest BCUT2D eigenvalue weighted by Gasteiger charge is -2.42. The van der Waals surface area contributed by atoms with Crippen molar-refractivity contribution in [3.8, 4) is 5.75 Å². The van der Waals surface area contributed by atoms with Crippen LogP contribution in [0.5, 0.6) is 5.75 Å². The molecule has 0 bridgehead atoms. The molecule has 10 heteroatoms. The van der Waals surface area contributed by atoms with Crippen LogP contribution in [0.4, 0.5) is 10.5 Å². The van der Waals surface area contributed by atoms with Crippen LogP contribution in [-0.4, -0.2) is 44.0 Å². The number of aliphatic hydroxyl groups excluding tert-OH is 1. The minimum atomic E-state index is -4.11. The lowest BCUT2D eigenvalue weighted by Crippen LogP contribution is -2.50. The normalized spacial score (nSPS) is 18.6. The molecule has 3 N–H and O–H groups in total. The number of fused-ring (bicyclic) bond motifs is 3. The first kappa shape index (κ1) is 29.2. The Balaban J connectivity index is 1.13. The van der Waals surface area contributed by atoms with E-state index in [1.807, 2.05) is 19.9 Å². The number of rotatable bonds is 7. The summed E-state index contributed by atoms with van der Waals surface area (Å²) in [5, 5.41) is 14.0. The molecule has 0 aromatic heterocycles. The maximum Gasteiger partial charge on any atom is 0.333 e. The summed E-state index contributed by atoms with van der Waals surface area (Å²) in [5.41, 5.74) is 6.87. The third kappa shape index (κ3) is 5.27. The van der Waals surface area contributed by atoms with Gasteiger partial charge in [0.2, 0.25) is 5.91 Å². The predicted octanol–water partition coefficient (Wildman–Crippen LogP) is 4.54. The van der Waals surface area contributed by atoms with Crippen LogP contribution in [0.1, 0.15) is 71.9 Å². The van der Waals surface area contributed by atoms with Gasteiger partial charge >= 0.3 is 6.03 Å². The summed E-state index contributed by atoms with van der Waals surface area (Å²) in [4.78, 5) is 27.7. The molecule has 3 aliphatic rings. The van der Waals surface area contributed by atoms with Crippen LogP contribution in [-0.2, 0) is 52.3 Å². The van der Waals surface area contributed by atoms with Gasteiger partial charge in [0.05, 0.1) is 17.4 Å². The Morgan fingerprint density at radius 3 is 2.28 bits per heavy atom. The van der Waals surface area contributed by atoms with Crippen molar-refractivity contribution >= 4 is 27.6 Å². The van der Waals surface area contributed by atoms with E-state index in [1.165, 1.54) is 28.2 Å². The fourth-order valence-corrected chi connectivity index (χ4v) is 7.71. The fraction of sp³-hybridized carbons (Fsp3) is 0.394. The van der Waals surface area contributed by atoms with Crippen molar-refractivity contribution in [3.05, 3.63) is 87.5 Å². The van der Waals surface area contributed by atoms with Gasteiger partial charge in [-0.1, -0.05) is 24.3 Å². The van der Waals surface area contributed by atoms with Crippen LogP contribution in [0.2, 0.25) is 0 Å². The zero-order valence-corrected chi connectivity index (χ0v) is 25.5. The van der Waals surface area contributed by atoms with Gasteiger partial charge in [-0.3, -0.25) is 4.79 Å². The molecule has 0 spiro atoms. The monoisotopic (exact) mass is 603 g/mol. The summed E-state index contributed by atoms with van der Waals surface area (Å²) < 4.78 is 33.6. The maximum atomic E-state index is 13.3. The molecule has 1 unspecified atom stereocenters. The number of hydrogen-bond donors (Lipinski definition) is 3. The van der Waals surface area contributed by atoms with E-state index in [1.54, 1.807) is 31.4 Å². The van der Waals surface area contributed by atoms with Crippen molar-refractivity contribution < 1.29 is 27.9 Å². The molecule has 226 valence electrons. The molecule has 3 amide bonds. The number of urea groups is 1. The van der Waals surface area contributed by atoms with Gasteiger partial charge < -0.3 is 20.1 Å². The smallest absolute Gasteiger partial charge is 0.333 e. The first-order valence-corrected chi connectivity index (χ1v) is 16.2. The Labute approximate surface area is 252 Å². The van der Waals surface area contributed by atoms with E-state index < -0.39 is 27.7 Å². The number of methoxy groups -OCH3 is 1. The van der Waals surface area contributed by atoms with Crippen molar-refractivity contribution in [3.63, 3.8) is 0 Å². The largest absolute Gasteiger partial charge is 0.497 e.